The number of allylic oxidation sites excluding steroid dienone is 10. The lowest BCUT2D eigenvalue weighted by Gasteiger charge is -1.98. The normalized spacial score (nSPS) is 14.3. The van der Waals surface area contributed by atoms with Crippen LogP contribution in [-0.2, 0) is 4.79 Å². The molecule has 0 amide bonds. The summed E-state index contributed by atoms with van der Waals surface area (Å²) in [5.74, 6) is -0.801. The first-order valence-electron chi connectivity index (χ1n) is 9.00. The molecule has 0 aromatic rings. The maximum Gasteiger partial charge on any atom is 0.303 e. The molecule has 0 saturated heterocycles. The van der Waals surface area contributed by atoms with E-state index < -0.39 is 12.1 Å². The number of hydrogen-bond donors (Lipinski definition) is 2. The van der Waals surface area contributed by atoms with Crippen LogP contribution in [0.4, 0.5) is 0 Å². The lowest BCUT2D eigenvalue weighted by Crippen LogP contribution is -1.99. The van der Waals surface area contributed by atoms with Crippen molar-refractivity contribution >= 4 is 5.97 Å². The minimum atomic E-state index is -0.801. The Balaban J connectivity index is 3.71. The molecule has 0 aliphatic carbocycles. The zero-order valence-electron chi connectivity index (χ0n) is 15.3. The first-order chi connectivity index (χ1) is 12.2. The molecule has 138 valence electrons. The molecular formula is C22H32O3. The Labute approximate surface area is 152 Å². The maximum absolute atomic E-state index is 10.3. The van der Waals surface area contributed by atoms with Crippen LogP contribution in [0.2, 0.25) is 0 Å². The van der Waals surface area contributed by atoms with E-state index in [1.807, 2.05) is 24.3 Å². The highest BCUT2D eigenvalue weighted by atomic mass is 16.4. The Hall–Kier alpha value is -2.13. The van der Waals surface area contributed by atoms with Crippen molar-refractivity contribution < 1.29 is 15.0 Å². The lowest BCUT2D eigenvalue weighted by atomic mass is 10.2. The van der Waals surface area contributed by atoms with Gasteiger partial charge in [0.2, 0.25) is 0 Å². The SMILES string of the molecule is CC/C=C\C/C=C\C/C=C\C/C=C\C=C\[C@@H](O)C/C=C\CCC(=O)O. The van der Waals surface area contributed by atoms with Crippen molar-refractivity contribution in [2.24, 2.45) is 0 Å². The number of aliphatic carboxylic acids is 1. The molecule has 0 fully saturated rings. The highest BCUT2D eigenvalue weighted by Gasteiger charge is 1.95. The highest BCUT2D eigenvalue weighted by molar-refractivity contribution is 5.66. The Kier molecular flexibility index (Phi) is 16.7. The van der Waals surface area contributed by atoms with Gasteiger partial charge in [-0.05, 0) is 38.5 Å². The molecule has 0 spiro atoms. The van der Waals surface area contributed by atoms with Crippen LogP contribution in [0.25, 0.3) is 0 Å². The predicted octanol–water partition coefficient (Wildman–Crippen LogP) is 5.52. The number of aliphatic hydroxyl groups is 1. The van der Waals surface area contributed by atoms with E-state index in [0.29, 0.717) is 12.8 Å². The van der Waals surface area contributed by atoms with Gasteiger partial charge in [-0.15, -0.1) is 0 Å². The molecule has 2 N–H and O–H groups in total. The average molecular weight is 344 g/mol. The Morgan fingerprint density at radius 1 is 0.840 bits per heavy atom. The summed E-state index contributed by atoms with van der Waals surface area (Å²) in [6, 6.07) is 0. The molecule has 0 aromatic carbocycles. The van der Waals surface area contributed by atoms with Crippen molar-refractivity contribution in [3.8, 4) is 0 Å². The van der Waals surface area contributed by atoms with Gasteiger partial charge in [0, 0.05) is 6.42 Å². The van der Waals surface area contributed by atoms with Gasteiger partial charge < -0.3 is 10.2 Å². The van der Waals surface area contributed by atoms with E-state index >= 15 is 0 Å². The van der Waals surface area contributed by atoms with Crippen molar-refractivity contribution in [2.45, 2.75) is 58.0 Å². The molecule has 0 aliphatic rings. The zero-order valence-corrected chi connectivity index (χ0v) is 15.3. The van der Waals surface area contributed by atoms with E-state index in [1.165, 1.54) is 0 Å². The van der Waals surface area contributed by atoms with Gasteiger partial charge in [-0.2, -0.15) is 0 Å². The average Bonchev–Trinajstić information content (AvgIpc) is 2.58. The number of carboxylic acid groups (broad SMARTS) is 1. The van der Waals surface area contributed by atoms with Crippen LogP contribution < -0.4 is 0 Å². The van der Waals surface area contributed by atoms with E-state index in [-0.39, 0.29) is 6.42 Å². The smallest absolute Gasteiger partial charge is 0.303 e. The minimum absolute atomic E-state index is 0.129. The van der Waals surface area contributed by atoms with E-state index in [0.717, 1.165) is 25.7 Å². The molecule has 0 radical (unpaired) electrons. The number of carbonyl (C=O) groups is 1. The Morgan fingerprint density at radius 2 is 1.44 bits per heavy atom. The molecule has 0 heterocycles. The second kappa shape index (κ2) is 18.2. The number of rotatable bonds is 14. The fourth-order valence-corrected chi connectivity index (χ4v) is 1.87. The fraction of sp³-hybridized carbons (Fsp3) is 0.409. The molecule has 0 aliphatic heterocycles. The molecule has 0 bridgehead atoms. The second-order valence-corrected chi connectivity index (χ2v) is 5.55. The van der Waals surface area contributed by atoms with Crippen LogP contribution in [0.5, 0.6) is 0 Å². The predicted molar refractivity (Wildman–Crippen MR) is 106 cm³/mol. The summed E-state index contributed by atoms with van der Waals surface area (Å²) in [5, 5.41) is 18.2. The lowest BCUT2D eigenvalue weighted by molar-refractivity contribution is -0.136. The second-order valence-electron chi connectivity index (χ2n) is 5.55. The van der Waals surface area contributed by atoms with Crippen LogP contribution in [0.15, 0.2) is 72.9 Å². The molecule has 0 aromatic heterocycles. The molecule has 25 heavy (non-hydrogen) atoms. The van der Waals surface area contributed by atoms with Crippen LogP contribution in [0.3, 0.4) is 0 Å². The van der Waals surface area contributed by atoms with Crippen molar-refractivity contribution in [1.82, 2.24) is 0 Å². The third-order valence-corrected chi connectivity index (χ3v) is 3.20. The number of carboxylic acids is 1. The monoisotopic (exact) mass is 344 g/mol. The summed E-state index contributed by atoms with van der Waals surface area (Å²) >= 11 is 0. The fourth-order valence-electron chi connectivity index (χ4n) is 1.87. The van der Waals surface area contributed by atoms with Gasteiger partial charge in [0.15, 0.2) is 0 Å². The van der Waals surface area contributed by atoms with Crippen LogP contribution in [0.1, 0.15) is 51.9 Å². The minimum Gasteiger partial charge on any atom is -0.481 e. The summed E-state index contributed by atoms with van der Waals surface area (Å²) < 4.78 is 0. The van der Waals surface area contributed by atoms with Crippen LogP contribution in [0, 0.1) is 0 Å². The van der Waals surface area contributed by atoms with Crippen LogP contribution in [-0.4, -0.2) is 22.3 Å². The number of hydrogen-bond acceptors (Lipinski definition) is 2. The van der Waals surface area contributed by atoms with Gasteiger partial charge >= 0.3 is 5.97 Å². The number of aliphatic hydroxyl groups excluding tert-OH is 1. The molecular weight excluding hydrogens is 312 g/mol. The topological polar surface area (TPSA) is 57.5 Å². The summed E-state index contributed by atoms with van der Waals surface area (Å²) in [7, 11) is 0. The maximum atomic E-state index is 10.3. The van der Waals surface area contributed by atoms with Gasteiger partial charge in [0.05, 0.1) is 6.10 Å². The Bertz CT molecular complexity index is 493. The summed E-state index contributed by atoms with van der Waals surface area (Å²) in [6.45, 7) is 2.13. The zero-order chi connectivity index (χ0) is 18.6. The molecule has 1 atom stereocenters. The van der Waals surface area contributed by atoms with Crippen molar-refractivity contribution in [3.63, 3.8) is 0 Å². The standard InChI is InChI=1S/C22H32O3/c1-2-3-4-5-6-7-8-9-10-11-12-13-15-18-21(23)19-16-14-17-20-22(24)25/h3-4,6-7,9-10,12-16,18,21,23H,2,5,8,11,17,19-20H2,1H3,(H,24,25)/b4-3-,7-6-,10-9-,13-12-,16-14-,18-15+/t21-/m1/s1. The van der Waals surface area contributed by atoms with Gasteiger partial charge in [-0.25, -0.2) is 0 Å². The third-order valence-electron chi connectivity index (χ3n) is 3.20. The largest absolute Gasteiger partial charge is 0.481 e. The van der Waals surface area contributed by atoms with E-state index in [2.05, 4.69) is 43.4 Å². The first-order valence-corrected chi connectivity index (χ1v) is 9.00. The summed E-state index contributed by atoms with van der Waals surface area (Å²) in [6.07, 6.45) is 28.6. The molecule has 3 nitrogen and oxygen atoms in total. The van der Waals surface area contributed by atoms with Gasteiger partial charge in [0.1, 0.15) is 0 Å². The van der Waals surface area contributed by atoms with Crippen molar-refractivity contribution in [2.75, 3.05) is 0 Å². The first kappa shape index (κ1) is 22.9. The Morgan fingerprint density at radius 3 is 2.04 bits per heavy atom. The molecule has 3 heteroatoms. The molecule has 0 rings (SSSR count). The van der Waals surface area contributed by atoms with Crippen molar-refractivity contribution in [1.29, 1.82) is 0 Å². The van der Waals surface area contributed by atoms with Gasteiger partial charge in [-0.3, -0.25) is 4.79 Å². The van der Waals surface area contributed by atoms with Gasteiger partial charge in [0.25, 0.3) is 0 Å². The van der Waals surface area contributed by atoms with Gasteiger partial charge in [-0.1, -0.05) is 79.8 Å². The molecule has 0 unspecified atom stereocenters. The van der Waals surface area contributed by atoms with E-state index in [4.69, 9.17) is 5.11 Å². The van der Waals surface area contributed by atoms with Crippen LogP contribution >= 0.6 is 0 Å². The third kappa shape index (κ3) is 19.8. The van der Waals surface area contributed by atoms with Crippen molar-refractivity contribution in [3.05, 3.63) is 72.9 Å². The quantitative estimate of drug-likeness (QED) is 0.322. The summed E-state index contributed by atoms with van der Waals surface area (Å²) in [4.78, 5) is 10.3. The summed E-state index contributed by atoms with van der Waals surface area (Å²) in [5.41, 5.74) is 0. The van der Waals surface area contributed by atoms with E-state index in [1.54, 1.807) is 12.2 Å². The van der Waals surface area contributed by atoms with E-state index in [9.17, 15) is 9.90 Å². The highest BCUT2D eigenvalue weighted by Crippen LogP contribution is 1.99. The molecule has 0 saturated carbocycles.